The number of methoxy groups -OCH3 is 1. The van der Waals surface area contributed by atoms with Crippen LogP contribution in [0.3, 0.4) is 0 Å². The number of benzene rings is 1. The van der Waals surface area contributed by atoms with Crippen LogP contribution in [0.2, 0.25) is 0 Å². The highest BCUT2D eigenvalue weighted by atomic mass is 19.4. The average Bonchev–Trinajstić information content (AvgIpc) is 3.18. The van der Waals surface area contributed by atoms with Crippen LogP contribution in [0.25, 0.3) is 0 Å². The van der Waals surface area contributed by atoms with Gasteiger partial charge in [-0.3, -0.25) is 4.79 Å². The highest BCUT2D eigenvalue weighted by molar-refractivity contribution is 6.04. The number of hydrogen-bond acceptors (Lipinski definition) is 7. The predicted molar refractivity (Wildman–Crippen MR) is 118 cm³/mol. The Kier molecular flexibility index (Phi) is 5.67. The minimum atomic E-state index is -4.59. The zero-order valence-corrected chi connectivity index (χ0v) is 19.3. The third-order valence-corrected chi connectivity index (χ3v) is 6.93. The van der Waals surface area contributed by atoms with Crippen molar-refractivity contribution in [3.63, 3.8) is 0 Å². The van der Waals surface area contributed by atoms with Crippen LogP contribution in [0.4, 0.5) is 24.9 Å². The molecule has 2 heterocycles. The van der Waals surface area contributed by atoms with Gasteiger partial charge in [0.2, 0.25) is 0 Å². The van der Waals surface area contributed by atoms with Crippen molar-refractivity contribution in [2.45, 2.75) is 50.5 Å². The number of anilines is 2. The normalized spacial score (nSPS) is 24.3. The van der Waals surface area contributed by atoms with Crippen LogP contribution in [0, 0.1) is 23.2 Å². The maximum Gasteiger partial charge on any atom is 0.396 e. The molecule has 0 radical (unpaired) electrons. The standard InChI is InChI=1S/C24H25F3N4O4/c1-23(33-2)11-31(12-23)22-30-20(19(35-22)9-24(25,26)27)21(32)29-16-3-4-18(15(6-16)10-28)34-17-7-13-5-14(13)8-17/h3-4,6,13-14,17H,5,7-9,11-12H2,1-2H3,(H,29,32). The molecule has 1 N–H and O–H groups in total. The van der Waals surface area contributed by atoms with E-state index in [1.165, 1.54) is 12.5 Å². The summed E-state index contributed by atoms with van der Waals surface area (Å²) in [6.45, 7) is 2.59. The molecule has 8 nitrogen and oxygen atoms in total. The average molecular weight is 490 g/mol. The quantitative estimate of drug-likeness (QED) is 0.617. The number of hydrogen-bond donors (Lipinski definition) is 1. The number of oxazole rings is 1. The van der Waals surface area contributed by atoms with Crippen molar-refractivity contribution in [3.05, 3.63) is 35.2 Å². The van der Waals surface area contributed by atoms with Gasteiger partial charge < -0.3 is 24.1 Å². The number of ether oxygens (including phenoxy) is 2. The van der Waals surface area contributed by atoms with Crippen molar-refractivity contribution >= 4 is 17.6 Å². The fourth-order valence-corrected chi connectivity index (χ4v) is 4.90. The second-order valence-electron chi connectivity index (χ2n) is 9.81. The van der Waals surface area contributed by atoms with Crippen LogP contribution in [0.15, 0.2) is 22.6 Å². The van der Waals surface area contributed by atoms with Crippen molar-refractivity contribution in [3.8, 4) is 11.8 Å². The molecule has 2 unspecified atom stereocenters. The Balaban J connectivity index is 1.32. The first-order chi connectivity index (χ1) is 16.6. The minimum absolute atomic E-state index is 0.0694. The van der Waals surface area contributed by atoms with E-state index in [-0.39, 0.29) is 23.4 Å². The lowest BCUT2D eigenvalue weighted by atomic mass is 9.97. The Labute approximate surface area is 200 Å². The van der Waals surface area contributed by atoms with Gasteiger partial charge in [0.1, 0.15) is 29.6 Å². The number of rotatable bonds is 7. The summed E-state index contributed by atoms with van der Waals surface area (Å²) in [5.74, 6) is 0.444. The van der Waals surface area contributed by atoms with Crippen LogP contribution in [0.1, 0.15) is 48.0 Å². The van der Waals surface area contributed by atoms with E-state index in [0.29, 0.717) is 18.8 Å². The molecule has 0 bridgehead atoms. The summed E-state index contributed by atoms with van der Waals surface area (Å²) >= 11 is 0. The third-order valence-electron chi connectivity index (χ3n) is 6.93. The molecular formula is C24H25F3N4O4. The number of halogens is 3. The van der Waals surface area contributed by atoms with Gasteiger partial charge in [-0.05, 0) is 56.2 Å². The minimum Gasteiger partial charge on any atom is -0.489 e. The van der Waals surface area contributed by atoms with Crippen LogP contribution in [-0.2, 0) is 11.2 Å². The Bertz CT molecular complexity index is 1170. The molecule has 1 aliphatic heterocycles. The zero-order valence-electron chi connectivity index (χ0n) is 19.3. The molecule has 35 heavy (non-hydrogen) atoms. The Morgan fingerprint density at radius 3 is 2.66 bits per heavy atom. The van der Waals surface area contributed by atoms with E-state index in [2.05, 4.69) is 16.4 Å². The number of nitriles is 1. The van der Waals surface area contributed by atoms with Crippen molar-refractivity contribution in [2.24, 2.45) is 11.8 Å². The predicted octanol–water partition coefficient (Wildman–Crippen LogP) is 4.31. The van der Waals surface area contributed by atoms with E-state index < -0.39 is 35.6 Å². The van der Waals surface area contributed by atoms with E-state index in [4.69, 9.17) is 13.9 Å². The molecule has 5 rings (SSSR count). The molecule has 2 aliphatic carbocycles. The number of aromatic nitrogens is 1. The first-order valence-corrected chi connectivity index (χ1v) is 11.4. The van der Waals surface area contributed by atoms with Gasteiger partial charge in [0.05, 0.1) is 24.8 Å². The van der Waals surface area contributed by atoms with E-state index in [1.54, 1.807) is 24.1 Å². The van der Waals surface area contributed by atoms with Crippen LogP contribution in [0.5, 0.6) is 5.75 Å². The summed E-state index contributed by atoms with van der Waals surface area (Å²) in [4.78, 5) is 18.6. The molecule has 2 atom stereocenters. The van der Waals surface area contributed by atoms with Gasteiger partial charge in [-0.1, -0.05) is 0 Å². The van der Waals surface area contributed by atoms with Crippen LogP contribution < -0.4 is 15.0 Å². The van der Waals surface area contributed by atoms with Gasteiger partial charge in [0, 0.05) is 12.8 Å². The number of nitrogens with one attached hydrogen (secondary N) is 1. The first kappa shape index (κ1) is 23.5. The lowest BCUT2D eigenvalue weighted by Gasteiger charge is -2.45. The maximum absolute atomic E-state index is 13.1. The van der Waals surface area contributed by atoms with E-state index in [1.807, 2.05) is 6.92 Å². The lowest BCUT2D eigenvalue weighted by Crippen LogP contribution is -2.61. The molecular weight excluding hydrogens is 465 g/mol. The maximum atomic E-state index is 13.1. The topological polar surface area (TPSA) is 101 Å². The molecule has 2 saturated carbocycles. The Hall–Kier alpha value is -3.26. The number of fused-ring (bicyclic) bond motifs is 1. The molecule has 1 aromatic carbocycles. The highest BCUT2D eigenvalue weighted by Crippen LogP contribution is 2.52. The second kappa shape index (κ2) is 8.45. The number of carbonyl (C=O) groups is 1. The summed E-state index contributed by atoms with van der Waals surface area (Å²) in [5.41, 5.74) is -0.435. The zero-order chi connectivity index (χ0) is 25.0. The van der Waals surface area contributed by atoms with Gasteiger partial charge in [0.25, 0.3) is 11.9 Å². The Morgan fingerprint density at radius 1 is 1.31 bits per heavy atom. The number of nitrogens with zero attached hydrogens (tertiary/aromatic N) is 3. The van der Waals surface area contributed by atoms with E-state index >= 15 is 0 Å². The number of carbonyl (C=O) groups excluding carboxylic acids is 1. The van der Waals surface area contributed by atoms with Gasteiger partial charge >= 0.3 is 6.18 Å². The third kappa shape index (κ3) is 4.93. The smallest absolute Gasteiger partial charge is 0.396 e. The second-order valence-corrected chi connectivity index (χ2v) is 9.81. The summed E-state index contributed by atoms with van der Waals surface area (Å²) in [6.07, 6.45) is -2.74. The summed E-state index contributed by atoms with van der Waals surface area (Å²) in [7, 11) is 1.54. The monoisotopic (exact) mass is 490 g/mol. The van der Waals surface area contributed by atoms with Crippen LogP contribution in [-0.4, -0.2) is 49.0 Å². The molecule has 2 aromatic rings. The van der Waals surface area contributed by atoms with E-state index in [0.717, 1.165) is 24.7 Å². The van der Waals surface area contributed by atoms with Gasteiger partial charge in [0.15, 0.2) is 5.69 Å². The number of amides is 1. The van der Waals surface area contributed by atoms with Crippen molar-refractivity contribution in [1.29, 1.82) is 5.26 Å². The molecule has 1 saturated heterocycles. The number of alkyl halides is 3. The molecule has 3 aliphatic rings. The lowest BCUT2D eigenvalue weighted by molar-refractivity contribution is -0.130. The van der Waals surface area contributed by atoms with Gasteiger partial charge in [-0.2, -0.15) is 23.4 Å². The van der Waals surface area contributed by atoms with Crippen LogP contribution >= 0.6 is 0 Å². The molecule has 0 spiro atoms. The van der Waals surface area contributed by atoms with Gasteiger partial charge in [-0.25, -0.2) is 0 Å². The SMILES string of the molecule is COC1(C)CN(c2nc(C(=O)Nc3ccc(OC4CC5CC5C4)c(C#N)c3)c(CC(F)(F)F)o2)C1. The van der Waals surface area contributed by atoms with Gasteiger partial charge in [-0.15, -0.1) is 0 Å². The molecule has 3 fully saturated rings. The molecule has 11 heteroatoms. The van der Waals surface area contributed by atoms with Crippen molar-refractivity contribution in [1.82, 2.24) is 4.98 Å². The highest BCUT2D eigenvalue weighted by Gasteiger charge is 2.47. The van der Waals surface area contributed by atoms with Crippen molar-refractivity contribution < 1.29 is 31.9 Å². The fraction of sp³-hybridized carbons (Fsp3) is 0.542. The molecule has 186 valence electrons. The van der Waals surface area contributed by atoms with E-state index in [9.17, 15) is 23.2 Å². The summed E-state index contributed by atoms with van der Waals surface area (Å²) in [6, 6.07) is 6.57. The fourth-order valence-electron chi connectivity index (χ4n) is 4.90. The largest absolute Gasteiger partial charge is 0.489 e. The van der Waals surface area contributed by atoms with Crippen molar-refractivity contribution in [2.75, 3.05) is 30.4 Å². The molecule has 1 amide bonds. The summed E-state index contributed by atoms with van der Waals surface area (Å²) < 4.78 is 56.1. The first-order valence-electron chi connectivity index (χ1n) is 11.4. The Morgan fingerprint density at radius 2 is 2.03 bits per heavy atom. The molecule has 1 aromatic heterocycles. The summed E-state index contributed by atoms with van der Waals surface area (Å²) in [5, 5.41) is 12.1.